The van der Waals surface area contributed by atoms with Crippen molar-refractivity contribution in [1.82, 2.24) is 0 Å². The molecule has 29 heavy (non-hydrogen) atoms. The molecule has 2 heterocycles. The van der Waals surface area contributed by atoms with Gasteiger partial charge in [-0.15, -0.1) is 0 Å². The third-order valence-corrected chi connectivity index (χ3v) is 4.39. The van der Waals surface area contributed by atoms with E-state index in [-0.39, 0.29) is 0 Å². The van der Waals surface area contributed by atoms with Crippen LogP contribution in [-0.4, -0.2) is 21.7 Å². The normalized spacial score (nSPS) is 14.8. The van der Waals surface area contributed by atoms with Crippen molar-refractivity contribution in [3.05, 3.63) is 72.5 Å². The molecule has 8 nitrogen and oxygen atoms in total. The first-order valence-electron chi connectivity index (χ1n) is 8.58. The van der Waals surface area contributed by atoms with Crippen molar-refractivity contribution in [2.24, 2.45) is 7.05 Å². The minimum atomic E-state index is -3.72. The third-order valence-electron chi connectivity index (χ3n) is 4.14. The number of oxazole rings is 1. The van der Waals surface area contributed by atoms with Crippen LogP contribution in [-0.2, 0) is 21.5 Å². The van der Waals surface area contributed by atoms with Gasteiger partial charge in [-0.1, -0.05) is 24.3 Å². The SMILES string of the molecule is CN1/C(=C/C=C/c2oc3ccccc3[n+]2C)Oc2ccccc21.CS(=O)(=O)O[O-]. The number of aryl methyl sites for hydroxylation is 1. The molecule has 0 aliphatic carbocycles. The van der Waals surface area contributed by atoms with Gasteiger partial charge in [0.2, 0.25) is 5.58 Å². The summed E-state index contributed by atoms with van der Waals surface area (Å²) in [7, 11) is 0.268. The van der Waals surface area contributed by atoms with Gasteiger partial charge >= 0.3 is 5.89 Å². The van der Waals surface area contributed by atoms with E-state index in [4.69, 9.17) is 14.4 Å². The second-order valence-corrected chi connectivity index (χ2v) is 7.78. The Morgan fingerprint density at radius 3 is 2.45 bits per heavy atom. The molecule has 1 aromatic heterocycles. The Labute approximate surface area is 168 Å². The van der Waals surface area contributed by atoms with Gasteiger partial charge in [0.15, 0.2) is 11.6 Å². The van der Waals surface area contributed by atoms with Crippen LogP contribution < -0.4 is 19.5 Å². The molecular formula is C20H20N2O6S. The molecule has 0 spiro atoms. The molecule has 0 atom stereocenters. The Bertz CT molecular complexity index is 1180. The maximum Gasteiger partial charge on any atom is 0.373 e. The third kappa shape index (κ3) is 4.83. The van der Waals surface area contributed by atoms with Crippen molar-refractivity contribution >= 4 is 33.0 Å². The van der Waals surface area contributed by atoms with Crippen molar-refractivity contribution in [2.75, 3.05) is 18.2 Å². The van der Waals surface area contributed by atoms with Gasteiger partial charge < -0.3 is 23.6 Å². The summed E-state index contributed by atoms with van der Waals surface area (Å²) < 4.78 is 35.3. The lowest BCUT2D eigenvalue weighted by Gasteiger charge is -2.09. The Hall–Kier alpha value is -3.14. The van der Waals surface area contributed by atoms with Crippen molar-refractivity contribution in [1.29, 1.82) is 0 Å². The molecule has 0 saturated heterocycles. The Balaban J connectivity index is 0.000000353. The number of para-hydroxylation sites is 4. The van der Waals surface area contributed by atoms with E-state index in [2.05, 4.69) is 4.33 Å². The maximum atomic E-state index is 9.47. The van der Waals surface area contributed by atoms with Crippen LogP contribution in [0.2, 0.25) is 0 Å². The number of hydrogen-bond acceptors (Lipinski definition) is 7. The number of nitrogens with zero attached hydrogens (tertiary/aromatic N) is 2. The van der Waals surface area contributed by atoms with E-state index in [1.165, 1.54) is 0 Å². The first-order chi connectivity index (χ1) is 13.8. The highest BCUT2D eigenvalue weighted by molar-refractivity contribution is 7.85. The van der Waals surface area contributed by atoms with E-state index in [1.54, 1.807) is 0 Å². The molecule has 1 aliphatic heterocycles. The minimum Gasteiger partial charge on any atom is -0.707 e. The smallest absolute Gasteiger partial charge is 0.373 e. The molecule has 0 amide bonds. The number of aromatic nitrogens is 1. The molecule has 9 heteroatoms. The molecule has 0 fully saturated rings. The summed E-state index contributed by atoms with van der Waals surface area (Å²) in [5.74, 6) is 2.46. The molecule has 0 bridgehead atoms. The molecule has 0 radical (unpaired) electrons. The number of allylic oxidation sites excluding steroid dienone is 2. The standard InChI is InChI=1S/C19H17N2O2.CH4O4S/c1-20-14-8-3-5-10-16(14)22-18(20)12-7-13-19-21(2)15-9-4-6-11-17(15)23-19;1-6(3,4)5-2/h3-13H,1-2H3;2H,1H3/q+1;/p-1. The zero-order valence-electron chi connectivity index (χ0n) is 16.1. The quantitative estimate of drug-likeness (QED) is 0.365. The minimum absolute atomic E-state index is 0.681. The van der Waals surface area contributed by atoms with E-state index in [0.29, 0.717) is 6.26 Å². The number of ether oxygens (including phenoxy) is 1. The van der Waals surface area contributed by atoms with E-state index in [9.17, 15) is 8.42 Å². The van der Waals surface area contributed by atoms with Gasteiger partial charge in [0.1, 0.15) is 7.05 Å². The van der Waals surface area contributed by atoms with Gasteiger partial charge in [-0.25, -0.2) is 8.42 Å². The topological polar surface area (TPSA) is 95.9 Å². The van der Waals surface area contributed by atoms with Gasteiger partial charge in [0.05, 0.1) is 18.0 Å². The Kier molecular flexibility index (Phi) is 6.02. The Morgan fingerprint density at radius 2 is 1.79 bits per heavy atom. The summed E-state index contributed by atoms with van der Waals surface area (Å²) in [5.41, 5.74) is 3.02. The maximum absolute atomic E-state index is 9.47. The lowest BCUT2D eigenvalue weighted by molar-refractivity contribution is -0.652. The number of fused-ring (bicyclic) bond motifs is 2. The summed E-state index contributed by atoms with van der Waals surface area (Å²) >= 11 is 0. The predicted molar refractivity (Wildman–Crippen MR) is 106 cm³/mol. The molecule has 152 valence electrons. The first kappa shape index (κ1) is 20.6. The zero-order valence-corrected chi connectivity index (χ0v) is 16.9. The number of anilines is 1. The second kappa shape index (κ2) is 8.48. The molecule has 4 rings (SSSR count). The molecule has 0 N–H and O–H groups in total. The van der Waals surface area contributed by atoms with Crippen LogP contribution in [0.25, 0.3) is 17.2 Å². The number of hydrogen-bond donors (Lipinski definition) is 0. The molecular weight excluding hydrogens is 396 g/mol. The van der Waals surface area contributed by atoms with Crippen LogP contribution >= 0.6 is 0 Å². The predicted octanol–water partition coefficient (Wildman–Crippen LogP) is 1.88. The fraction of sp³-hybridized carbons (Fsp3) is 0.150. The highest BCUT2D eigenvalue weighted by Gasteiger charge is 2.21. The van der Waals surface area contributed by atoms with Gasteiger partial charge in [-0.05, 0) is 30.4 Å². The Morgan fingerprint density at radius 1 is 1.14 bits per heavy atom. The van der Waals surface area contributed by atoms with Crippen molar-refractivity contribution < 1.29 is 31.7 Å². The highest BCUT2D eigenvalue weighted by atomic mass is 32.2. The monoisotopic (exact) mass is 416 g/mol. The van der Waals surface area contributed by atoms with E-state index < -0.39 is 10.1 Å². The highest BCUT2D eigenvalue weighted by Crippen LogP contribution is 2.37. The molecule has 3 aromatic rings. The fourth-order valence-corrected chi connectivity index (χ4v) is 2.75. The number of rotatable bonds is 3. The van der Waals surface area contributed by atoms with Crippen LogP contribution in [0.3, 0.4) is 0 Å². The second-order valence-electron chi connectivity index (χ2n) is 6.23. The van der Waals surface area contributed by atoms with Gasteiger partial charge in [0, 0.05) is 13.1 Å². The van der Waals surface area contributed by atoms with E-state index in [1.807, 2.05) is 90.3 Å². The molecule has 1 aliphatic rings. The summed E-state index contributed by atoms with van der Waals surface area (Å²) in [5, 5.41) is 8.86. The summed E-state index contributed by atoms with van der Waals surface area (Å²) in [4.78, 5) is 2.03. The van der Waals surface area contributed by atoms with Crippen LogP contribution in [0.1, 0.15) is 5.89 Å². The average molecular weight is 416 g/mol. The molecule has 0 unspecified atom stereocenters. The average Bonchev–Trinajstić information content (AvgIpc) is 3.20. The first-order valence-corrected chi connectivity index (χ1v) is 10.4. The van der Waals surface area contributed by atoms with Gasteiger partial charge in [0.25, 0.3) is 15.6 Å². The van der Waals surface area contributed by atoms with Crippen molar-refractivity contribution in [2.45, 2.75) is 0 Å². The lowest BCUT2D eigenvalue weighted by atomic mass is 10.3. The molecule has 2 aromatic carbocycles. The van der Waals surface area contributed by atoms with Crippen molar-refractivity contribution in [3.63, 3.8) is 0 Å². The van der Waals surface area contributed by atoms with Crippen LogP contribution in [0.5, 0.6) is 5.75 Å². The summed E-state index contributed by atoms with van der Waals surface area (Å²) in [6.45, 7) is 0. The van der Waals surface area contributed by atoms with Crippen molar-refractivity contribution in [3.8, 4) is 5.75 Å². The van der Waals surface area contributed by atoms with Crippen LogP contribution in [0.15, 0.2) is 71.0 Å². The van der Waals surface area contributed by atoms with Gasteiger partial charge in [-0.3, -0.25) is 0 Å². The van der Waals surface area contributed by atoms with E-state index >= 15 is 0 Å². The fourth-order valence-electron chi connectivity index (χ4n) is 2.75. The van der Waals surface area contributed by atoms with Gasteiger partial charge in [-0.2, -0.15) is 4.57 Å². The summed E-state index contributed by atoms with van der Waals surface area (Å²) in [6, 6.07) is 16.0. The molecule has 0 saturated carbocycles. The zero-order chi connectivity index (χ0) is 21.0. The van der Waals surface area contributed by atoms with Crippen LogP contribution in [0.4, 0.5) is 5.69 Å². The number of benzene rings is 2. The van der Waals surface area contributed by atoms with Crippen LogP contribution in [0, 0.1) is 0 Å². The lowest BCUT2D eigenvalue weighted by Crippen LogP contribution is -2.29. The largest absolute Gasteiger partial charge is 0.707 e. The van der Waals surface area contributed by atoms with E-state index in [0.717, 1.165) is 34.3 Å². The summed E-state index contributed by atoms with van der Waals surface area (Å²) in [6.07, 6.45) is 6.50.